The zero-order valence-corrected chi connectivity index (χ0v) is 13.9. The minimum Gasteiger partial charge on any atom is -0.480 e. The SMILES string of the molecule is CCCC(NC(C)C(=O)N1CCCC1c1cccs1)C(=O)O. The highest BCUT2D eigenvalue weighted by Crippen LogP contribution is 2.34. The van der Waals surface area contributed by atoms with Gasteiger partial charge in [0.1, 0.15) is 6.04 Å². The van der Waals surface area contributed by atoms with Crippen LogP contribution in [0.2, 0.25) is 0 Å². The standard InChI is InChI=1S/C16H24N2O3S/c1-3-6-12(16(20)21)17-11(2)15(19)18-9-4-7-13(18)14-8-5-10-22-14/h5,8,10-13,17H,3-4,6-7,9H2,1-2H3,(H,20,21). The van der Waals surface area contributed by atoms with Gasteiger partial charge in [-0.15, -0.1) is 11.3 Å². The molecule has 1 aliphatic rings. The molecule has 122 valence electrons. The number of amides is 1. The van der Waals surface area contributed by atoms with Gasteiger partial charge in [0, 0.05) is 11.4 Å². The van der Waals surface area contributed by atoms with Crippen molar-refractivity contribution in [1.82, 2.24) is 10.2 Å². The second kappa shape index (κ2) is 7.74. The maximum Gasteiger partial charge on any atom is 0.320 e. The molecule has 1 aromatic rings. The average Bonchev–Trinajstić information content (AvgIpc) is 3.15. The number of hydrogen-bond donors (Lipinski definition) is 2. The highest BCUT2D eigenvalue weighted by atomic mass is 32.1. The van der Waals surface area contributed by atoms with E-state index in [9.17, 15) is 14.7 Å². The van der Waals surface area contributed by atoms with Gasteiger partial charge in [-0.2, -0.15) is 0 Å². The Morgan fingerprint density at radius 3 is 2.91 bits per heavy atom. The number of carboxylic acid groups (broad SMARTS) is 1. The van der Waals surface area contributed by atoms with E-state index in [2.05, 4.69) is 11.4 Å². The fraction of sp³-hybridized carbons (Fsp3) is 0.625. The Morgan fingerprint density at radius 2 is 2.32 bits per heavy atom. The molecular weight excluding hydrogens is 300 g/mol. The van der Waals surface area contributed by atoms with Gasteiger partial charge in [0.05, 0.1) is 12.1 Å². The summed E-state index contributed by atoms with van der Waals surface area (Å²) in [6, 6.07) is 3.08. The van der Waals surface area contributed by atoms with Crippen molar-refractivity contribution in [3.63, 3.8) is 0 Å². The number of likely N-dealkylation sites (tertiary alicyclic amines) is 1. The van der Waals surface area contributed by atoms with Gasteiger partial charge in [-0.05, 0) is 37.6 Å². The van der Waals surface area contributed by atoms with Crippen LogP contribution in [0.4, 0.5) is 0 Å². The van der Waals surface area contributed by atoms with Crippen LogP contribution in [0, 0.1) is 0 Å². The number of carboxylic acids is 1. The summed E-state index contributed by atoms with van der Waals surface area (Å²) in [7, 11) is 0. The molecule has 5 nitrogen and oxygen atoms in total. The van der Waals surface area contributed by atoms with Crippen LogP contribution in [0.3, 0.4) is 0 Å². The van der Waals surface area contributed by atoms with E-state index in [1.54, 1.807) is 18.3 Å². The smallest absolute Gasteiger partial charge is 0.320 e. The molecule has 0 aliphatic carbocycles. The van der Waals surface area contributed by atoms with E-state index < -0.39 is 18.1 Å². The van der Waals surface area contributed by atoms with Crippen molar-refractivity contribution >= 4 is 23.2 Å². The van der Waals surface area contributed by atoms with Crippen LogP contribution in [0.25, 0.3) is 0 Å². The molecule has 0 bridgehead atoms. The van der Waals surface area contributed by atoms with E-state index in [-0.39, 0.29) is 11.9 Å². The number of rotatable bonds is 7. The largest absolute Gasteiger partial charge is 0.480 e. The van der Waals surface area contributed by atoms with Crippen LogP contribution in [-0.2, 0) is 9.59 Å². The quantitative estimate of drug-likeness (QED) is 0.809. The Labute approximate surface area is 135 Å². The highest BCUT2D eigenvalue weighted by Gasteiger charge is 2.34. The van der Waals surface area contributed by atoms with Crippen molar-refractivity contribution in [3.05, 3.63) is 22.4 Å². The van der Waals surface area contributed by atoms with Gasteiger partial charge in [-0.3, -0.25) is 14.9 Å². The predicted molar refractivity (Wildman–Crippen MR) is 86.9 cm³/mol. The Bertz CT molecular complexity index is 503. The molecule has 1 fully saturated rings. The summed E-state index contributed by atoms with van der Waals surface area (Å²) in [4.78, 5) is 27.0. The molecule has 1 aliphatic heterocycles. The van der Waals surface area contributed by atoms with Crippen LogP contribution in [0.1, 0.15) is 50.4 Å². The summed E-state index contributed by atoms with van der Waals surface area (Å²) < 4.78 is 0. The van der Waals surface area contributed by atoms with E-state index in [4.69, 9.17) is 0 Å². The van der Waals surface area contributed by atoms with E-state index in [1.165, 1.54) is 4.88 Å². The minimum absolute atomic E-state index is 0.00162. The van der Waals surface area contributed by atoms with Gasteiger partial charge in [0.2, 0.25) is 5.91 Å². The second-order valence-corrected chi connectivity index (χ2v) is 6.75. The van der Waals surface area contributed by atoms with Crippen LogP contribution in [0.5, 0.6) is 0 Å². The van der Waals surface area contributed by atoms with Gasteiger partial charge in [0.25, 0.3) is 0 Å². The van der Waals surface area contributed by atoms with Crippen molar-refractivity contribution in [1.29, 1.82) is 0 Å². The zero-order valence-electron chi connectivity index (χ0n) is 13.1. The number of carbonyl (C=O) groups is 2. The lowest BCUT2D eigenvalue weighted by molar-refractivity contribution is -0.140. The first-order valence-electron chi connectivity index (χ1n) is 7.87. The highest BCUT2D eigenvalue weighted by molar-refractivity contribution is 7.10. The lowest BCUT2D eigenvalue weighted by Gasteiger charge is -2.28. The molecule has 2 rings (SSSR count). The topological polar surface area (TPSA) is 69.6 Å². The van der Waals surface area contributed by atoms with E-state index in [1.807, 2.05) is 23.3 Å². The monoisotopic (exact) mass is 324 g/mol. The van der Waals surface area contributed by atoms with Crippen molar-refractivity contribution in [2.24, 2.45) is 0 Å². The fourth-order valence-corrected chi connectivity index (χ4v) is 3.87. The lowest BCUT2D eigenvalue weighted by atomic mass is 10.1. The number of thiophene rings is 1. The summed E-state index contributed by atoms with van der Waals surface area (Å²) in [5, 5.41) is 14.2. The van der Waals surface area contributed by atoms with Crippen molar-refractivity contribution < 1.29 is 14.7 Å². The molecule has 1 aromatic heterocycles. The Morgan fingerprint density at radius 1 is 1.55 bits per heavy atom. The molecule has 22 heavy (non-hydrogen) atoms. The third-order valence-corrected chi connectivity index (χ3v) is 5.08. The average molecular weight is 324 g/mol. The molecule has 0 spiro atoms. The van der Waals surface area contributed by atoms with Crippen molar-refractivity contribution in [3.8, 4) is 0 Å². The molecule has 0 aromatic carbocycles. The molecule has 0 saturated carbocycles. The zero-order chi connectivity index (χ0) is 16.1. The molecule has 2 heterocycles. The number of nitrogens with zero attached hydrogens (tertiary/aromatic N) is 1. The van der Waals surface area contributed by atoms with Crippen LogP contribution >= 0.6 is 11.3 Å². The number of nitrogens with one attached hydrogen (secondary N) is 1. The summed E-state index contributed by atoms with van der Waals surface area (Å²) in [5.74, 6) is -0.893. The van der Waals surface area contributed by atoms with E-state index in [0.29, 0.717) is 6.42 Å². The van der Waals surface area contributed by atoms with Gasteiger partial charge in [-0.25, -0.2) is 0 Å². The number of hydrogen-bond acceptors (Lipinski definition) is 4. The first-order chi connectivity index (χ1) is 10.5. The number of aliphatic carboxylic acids is 1. The Hall–Kier alpha value is -1.40. The van der Waals surface area contributed by atoms with Crippen molar-refractivity contribution in [2.45, 2.75) is 57.7 Å². The Kier molecular flexibility index (Phi) is 5.97. The second-order valence-electron chi connectivity index (χ2n) is 5.77. The summed E-state index contributed by atoms with van der Waals surface area (Å²) in [5.41, 5.74) is 0. The first-order valence-corrected chi connectivity index (χ1v) is 8.75. The van der Waals surface area contributed by atoms with E-state index in [0.717, 1.165) is 25.8 Å². The fourth-order valence-electron chi connectivity index (χ4n) is 3.00. The molecule has 1 amide bonds. The molecule has 3 atom stereocenters. The first kappa shape index (κ1) is 17.0. The Balaban J connectivity index is 2.01. The maximum atomic E-state index is 12.7. The number of carbonyl (C=O) groups excluding carboxylic acids is 1. The van der Waals surface area contributed by atoms with Gasteiger partial charge < -0.3 is 10.0 Å². The molecule has 2 N–H and O–H groups in total. The van der Waals surface area contributed by atoms with Crippen molar-refractivity contribution in [2.75, 3.05) is 6.54 Å². The third kappa shape index (κ3) is 3.87. The minimum atomic E-state index is -0.891. The third-order valence-electron chi connectivity index (χ3n) is 4.10. The summed E-state index contributed by atoms with van der Waals surface area (Å²) in [6.07, 6.45) is 3.28. The lowest BCUT2D eigenvalue weighted by Crippen LogP contribution is -2.50. The molecule has 0 radical (unpaired) electrons. The normalized spacial score (nSPS) is 20.8. The summed E-state index contributed by atoms with van der Waals surface area (Å²) in [6.45, 7) is 4.45. The molecule has 6 heteroatoms. The van der Waals surface area contributed by atoms with E-state index >= 15 is 0 Å². The van der Waals surface area contributed by atoms with Crippen LogP contribution < -0.4 is 5.32 Å². The maximum absolute atomic E-state index is 12.7. The van der Waals surface area contributed by atoms with Gasteiger partial charge in [-0.1, -0.05) is 19.4 Å². The molecular formula is C16H24N2O3S. The van der Waals surface area contributed by atoms with Gasteiger partial charge >= 0.3 is 5.97 Å². The van der Waals surface area contributed by atoms with Gasteiger partial charge in [0.15, 0.2) is 0 Å². The van der Waals surface area contributed by atoms with Crippen LogP contribution in [-0.4, -0.2) is 40.5 Å². The van der Waals surface area contributed by atoms with Crippen LogP contribution in [0.15, 0.2) is 17.5 Å². The predicted octanol–water partition coefficient (Wildman–Crippen LogP) is 2.64. The molecule has 1 saturated heterocycles. The summed E-state index contributed by atoms with van der Waals surface area (Å²) >= 11 is 1.67. The molecule has 3 unspecified atom stereocenters.